The lowest BCUT2D eigenvalue weighted by Crippen LogP contribution is -2.49. The van der Waals surface area contributed by atoms with Crippen molar-refractivity contribution in [3.8, 4) is 0 Å². The van der Waals surface area contributed by atoms with Crippen molar-refractivity contribution in [2.75, 3.05) is 16.8 Å². The van der Waals surface area contributed by atoms with E-state index in [1.807, 2.05) is 62.4 Å². The molecule has 0 unspecified atom stereocenters. The van der Waals surface area contributed by atoms with Gasteiger partial charge in [-0.3, -0.25) is 9.59 Å². The van der Waals surface area contributed by atoms with Crippen LogP contribution in [-0.2, 0) is 16.8 Å². The van der Waals surface area contributed by atoms with Crippen LogP contribution in [0.25, 0.3) is 10.9 Å². The van der Waals surface area contributed by atoms with E-state index >= 15 is 0 Å². The molecule has 6 rings (SSSR count). The third-order valence-corrected chi connectivity index (χ3v) is 7.16. The number of carbonyl (C=O) groups excluding carboxylic acids is 3. The van der Waals surface area contributed by atoms with Crippen molar-refractivity contribution in [1.29, 1.82) is 0 Å². The van der Waals surface area contributed by atoms with Crippen molar-refractivity contribution < 1.29 is 14.4 Å². The molecule has 0 bridgehead atoms. The number of nitrogens with one attached hydrogen (secondary N) is 2. The van der Waals surface area contributed by atoms with Crippen LogP contribution in [0.15, 0.2) is 72.8 Å². The fourth-order valence-corrected chi connectivity index (χ4v) is 5.22. The number of nitrogens with zero attached hydrogens (tertiary/aromatic N) is 2. The average molecular weight is 465 g/mol. The summed E-state index contributed by atoms with van der Waals surface area (Å²) in [6, 6.07) is 21.7. The van der Waals surface area contributed by atoms with Gasteiger partial charge in [0.15, 0.2) is 5.54 Å². The highest BCUT2D eigenvalue weighted by Gasteiger charge is 2.58. The van der Waals surface area contributed by atoms with Crippen LogP contribution in [0.2, 0.25) is 0 Å². The predicted molar refractivity (Wildman–Crippen MR) is 135 cm³/mol. The van der Waals surface area contributed by atoms with Crippen LogP contribution >= 0.6 is 0 Å². The summed E-state index contributed by atoms with van der Waals surface area (Å²) in [6.45, 7) is 4.25. The van der Waals surface area contributed by atoms with E-state index in [0.717, 1.165) is 27.7 Å². The van der Waals surface area contributed by atoms with Crippen LogP contribution in [0.3, 0.4) is 0 Å². The van der Waals surface area contributed by atoms with Crippen LogP contribution in [0.4, 0.5) is 16.2 Å². The monoisotopic (exact) mass is 464 g/mol. The third-order valence-electron chi connectivity index (χ3n) is 7.16. The number of carbonyl (C=O) groups is 3. The number of para-hydroxylation sites is 1. The Morgan fingerprint density at radius 2 is 1.69 bits per heavy atom. The first-order chi connectivity index (χ1) is 16.9. The summed E-state index contributed by atoms with van der Waals surface area (Å²) in [5.74, 6) is -0.557. The van der Waals surface area contributed by atoms with Gasteiger partial charge in [-0.1, -0.05) is 35.9 Å². The molecule has 1 atom stereocenters. The van der Waals surface area contributed by atoms with Gasteiger partial charge in [-0.25, -0.2) is 9.69 Å². The zero-order valence-corrected chi connectivity index (χ0v) is 19.5. The molecule has 1 aromatic heterocycles. The fourth-order valence-electron chi connectivity index (χ4n) is 5.22. The molecule has 7 heteroatoms. The fraction of sp³-hybridized carbons (Fsp3) is 0.179. The van der Waals surface area contributed by atoms with Crippen molar-refractivity contribution in [3.05, 3.63) is 95.2 Å². The maximum atomic E-state index is 13.8. The molecule has 1 saturated heterocycles. The van der Waals surface area contributed by atoms with Crippen molar-refractivity contribution in [1.82, 2.24) is 9.88 Å². The number of hydrogen-bond acceptors (Lipinski definition) is 3. The molecule has 174 valence electrons. The second kappa shape index (κ2) is 7.56. The Morgan fingerprint density at radius 3 is 2.43 bits per heavy atom. The Morgan fingerprint density at radius 1 is 0.971 bits per heavy atom. The molecule has 35 heavy (non-hydrogen) atoms. The smallest absolute Gasteiger partial charge is 0.332 e. The number of aromatic nitrogens is 1. The summed E-state index contributed by atoms with van der Waals surface area (Å²) < 4.78 is 0. The first-order valence-electron chi connectivity index (χ1n) is 11.6. The third kappa shape index (κ3) is 3.08. The van der Waals surface area contributed by atoms with E-state index in [2.05, 4.69) is 10.3 Å². The van der Waals surface area contributed by atoms with Gasteiger partial charge in [-0.05, 0) is 68.3 Å². The lowest BCUT2D eigenvalue weighted by Gasteiger charge is -2.35. The number of H-pyrrole nitrogens is 1. The number of hydrogen-bond donors (Lipinski definition) is 2. The minimum atomic E-state index is -1.11. The maximum Gasteiger partial charge on any atom is 0.332 e. The number of anilines is 2. The number of urea groups is 1. The number of aromatic amines is 1. The van der Waals surface area contributed by atoms with E-state index in [1.165, 1.54) is 4.90 Å². The van der Waals surface area contributed by atoms with Crippen LogP contribution < -0.4 is 10.2 Å². The zero-order chi connectivity index (χ0) is 24.3. The second-order valence-corrected chi connectivity index (χ2v) is 9.29. The molecule has 0 spiro atoms. The second-order valence-electron chi connectivity index (χ2n) is 9.29. The zero-order valence-electron chi connectivity index (χ0n) is 19.5. The van der Waals surface area contributed by atoms with Gasteiger partial charge < -0.3 is 15.2 Å². The van der Waals surface area contributed by atoms with Crippen molar-refractivity contribution in [2.24, 2.45) is 0 Å². The molecular formula is C28H24N4O3. The van der Waals surface area contributed by atoms with Crippen molar-refractivity contribution in [3.63, 3.8) is 0 Å². The molecule has 2 aliphatic heterocycles. The summed E-state index contributed by atoms with van der Waals surface area (Å²) in [5, 5.41) is 3.95. The minimum absolute atomic E-state index is 0.258. The molecule has 0 saturated carbocycles. The summed E-state index contributed by atoms with van der Waals surface area (Å²) in [6.07, 6.45) is 0.680. The first kappa shape index (κ1) is 21.2. The van der Waals surface area contributed by atoms with Crippen LogP contribution in [-0.4, -0.2) is 34.3 Å². The van der Waals surface area contributed by atoms with E-state index < -0.39 is 5.54 Å². The largest absolute Gasteiger partial charge is 0.356 e. The molecule has 4 aromatic rings. The molecule has 3 aromatic carbocycles. The SMILES string of the molecule is Cc1ccc(NC(=O)c2ccc(N3C(=O)N4CCc5c([nH]c6ccccc56)[C@@]4(C)C3=O)cc2)cc1. The van der Waals surface area contributed by atoms with E-state index in [9.17, 15) is 14.4 Å². The number of aryl methyl sites for hydroxylation is 1. The molecular weight excluding hydrogens is 440 g/mol. The van der Waals surface area contributed by atoms with Crippen molar-refractivity contribution in [2.45, 2.75) is 25.8 Å². The molecule has 4 amide bonds. The Kier molecular flexibility index (Phi) is 4.57. The summed E-state index contributed by atoms with van der Waals surface area (Å²) in [4.78, 5) is 46.1. The first-order valence-corrected chi connectivity index (χ1v) is 11.6. The number of imide groups is 1. The highest BCUT2D eigenvalue weighted by molar-refractivity contribution is 6.23. The van der Waals surface area contributed by atoms with Gasteiger partial charge in [0, 0.05) is 28.7 Å². The highest BCUT2D eigenvalue weighted by Crippen LogP contribution is 2.45. The van der Waals surface area contributed by atoms with Crippen LogP contribution in [0.1, 0.15) is 34.1 Å². The number of benzene rings is 3. The number of fused-ring (bicyclic) bond motifs is 5. The molecule has 7 nitrogen and oxygen atoms in total. The van der Waals surface area contributed by atoms with E-state index in [0.29, 0.717) is 29.9 Å². The van der Waals surface area contributed by atoms with Gasteiger partial charge in [0.2, 0.25) is 0 Å². The Bertz CT molecular complexity index is 1500. The van der Waals surface area contributed by atoms with Gasteiger partial charge >= 0.3 is 6.03 Å². The molecule has 2 N–H and O–H groups in total. The number of amides is 4. The number of rotatable bonds is 3. The molecule has 2 aliphatic rings. The van der Waals surface area contributed by atoms with Crippen LogP contribution in [0, 0.1) is 6.92 Å². The quantitative estimate of drug-likeness (QED) is 0.420. The molecule has 0 aliphatic carbocycles. The summed E-state index contributed by atoms with van der Waals surface area (Å²) >= 11 is 0. The van der Waals surface area contributed by atoms with E-state index in [1.54, 1.807) is 29.2 Å². The normalized spacial score (nSPS) is 19.1. The topological polar surface area (TPSA) is 85.5 Å². The molecule has 0 radical (unpaired) electrons. The minimum Gasteiger partial charge on any atom is -0.356 e. The van der Waals surface area contributed by atoms with Gasteiger partial charge in [0.1, 0.15) is 0 Å². The predicted octanol–water partition coefficient (Wildman–Crippen LogP) is 4.97. The van der Waals surface area contributed by atoms with Gasteiger partial charge in [0.05, 0.1) is 11.4 Å². The lowest BCUT2D eigenvalue weighted by molar-refractivity contribution is -0.125. The summed E-state index contributed by atoms with van der Waals surface area (Å²) in [7, 11) is 0. The molecule has 3 heterocycles. The summed E-state index contributed by atoms with van der Waals surface area (Å²) in [5.41, 5.74) is 4.42. The standard InChI is InChI=1S/C28H24N4O3/c1-17-7-11-19(12-8-17)29-25(33)18-9-13-20(14-10-18)32-26(34)28(2)24-22(15-16-31(28)27(32)35)21-5-3-4-6-23(21)30-24/h3-14,30H,15-16H2,1-2H3,(H,29,33)/t28-/m0/s1. The Balaban J connectivity index is 1.30. The van der Waals surface area contributed by atoms with E-state index in [-0.39, 0.29) is 17.8 Å². The average Bonchev–Trinajstić information content (AvgIpc) is 3.34. The Labute approximate surface area is 202 Å². The highest BCUT2D eigenvalue weighted by atomic mass is 16.2. The van der Waals surface area contributed by atoms with E-state index in [4.69, 9.17) is 0 Å². The molecule has 1 fully saturated rings. The van der Waals surface area contributed by atoms with Crippen molar-refractivity contribution >= 4 is 40.1 Å². The Hall–Kier alpha value is -4.39. The van der Waals surface area contributed by atoms with Crippen LogP contribution in [0.5, 0.6) is 0 Å². The lowest BCUT2D eigenvalue weighted by atomic mass is 9.87. The van der Waals surface area contributed by atoms with Gasteiger partial charge in [-0.2, -0.15) is 0 Å². The maximum absolute atomic E-state index is 13.8. The van der Waals surface area contributed by atoms with Gasteiger partial charge in [-0.15, -0.1) is 0 Å². The van der Waals surface area contributed by atoms with Gasteiger partial charge in [0.25, 0.3) is 11.8 Å².